The van der Waals surface area contributed by atoms with E-state index in [-0.39, 0.29) is 35.1 Å². The van der Waals surface area contributed by atoms with Crippen LogP contribution in [0.1, 0.15) is 26.3 Å². The molecule has 118 valence electrons. The molecule has 0 saturated carbocycles. The summed E-state index contributed by atoms with van der Waals surface area (Å²) in [7, 11) is 1.62. The second-order valence-electron chi connectivity index (χ2n) is 7.59. The van der Waals surface area contributed by atoms with Crippen LogP contribution in [0.5, 0.6) is 0 Å². The highest BCUT2D eigenvalue weighted by Gasteiger charge is 2.58. The highest BCUT2D eigenvalue weighted by Crippen LogP contribution is 2.45. The van der Waals surface area contributed by atoms with Crippen molar-refractivity contribution in [1.29, 1.82) is 0 Å². The van der Waals surface area contributed by atoms with E-state index in [4.69, 9.17) is 0 Å². The molecule has 1 aromatic rings. The average molecular weight is 300 g/mol. The second kappa shape index (κ2) is 5.20. The molecule has 1 aromatic carbocycles. The Bertz CT molecular complexity index is 591. The van der Waals surface area contributed by atoms with Gasteiger partial charge in [0.2, 0.25) is 11.8 Å². The fourth-order valence-electron chi connectivity index (χ4n) is 4.11. The van der Waals surface area contributed by atoms with E-state index in [1.807, 2.05) is 18.2 Å². The first-order valence-electron chi connectivity index (χ1n) is 7.90. The smallest absolute Gasteiger partial charge is 0.234 e. The van der Waals surface area contributed by atoms with Gasteiger partial charge in [-0.3, -0.25) is 19.4 Å². The number of likely N-dealkylation sites (tertiary alicyclic amines) is 2. The molecule has 2 saturated heterocycles. The number of fused-ring (bicyclic) bond motifs is 1. The highest BCUT2D eigenvalue weighted by atomic mass is 16.2. The molecule has 0 aromatic heterocycles. The lowest BCUT2D eigenvalue weighted by Gasteiger charge is -2.37. The monoisotopic (exact) mass is 300 g/mol. The quantitative estimate of drug-likeness (QED) is 0.786. The van der Waals surface area contributed by atoms with E-state index < -0.39 is 0 Å². The van der Waals surface area contributed by atoms with Crippen molar-refractivity contribution in [3.05, 3.63) is 35.9 Å². The third-order valence-corrected chi connectivity index (χ3v) is 4.98. The Morgan fingerprint density at radius 2 is 1.73 bits per heavy atom. The summed E-state index contributed by atoms with van der Waals surface area (Å²) in [6, 6.07) is 10.4. The first-order valence-corrected chi connectivity index (χ1v) is 7.90. The van der Waals surface area contributed by atoms with E-state index in [0.717, 1.165) is 6.54 Å². The lowest BCUT2D eigenvalue weighted by Crippen LogP contribution is -2.46. The first-order chi connectivity index (χ1) is 10.3. The first kappa shape index (κ1) is 15.2. The Kier molecular flexibility index (Phi) is 3.60. The number of rotatable bonds is 2. The van der Waals surface area contributed by atoms with Crippen molar-refractivity contribution < 1.29 is 9.59 Å². The predicted octanol–water partition coefficient (Wildman–Crippen LogP) is 2.15. The van der Waals surface area contributed by atoms with Crippen LogP contribution in [0.2, 0.25) is 0 Å². The van der Waals surface area contributed by atoms with Crippen LogP contribution in [0, 0.1) is 17.3 Å². The normalized spacial score (nSPS) is 29.3. The van der Waals surface area contributed by atoms with Gasteiger partial charge in [-0.25, -0.2) is 0 Å². The second-order valence-corrected chi connectivity index (χ2v) is 7.59. The van der Waals surface area contributed by atoms with Gasteiger partial charge in [0.15, 0.2) is 0 Å². The summed E-state index contributed by atoms with van der Waals surface area (Å²) >= 11 is 0. The van der Waals surface area contributed by atoms with Crippen molar-refractivity contribution in [3.8, 4) is 0 Å². The van der Waals surface area contributed by atoms with Gasteiger partial charge in [-0.1, -0.05) is 51.1 Å². The molecule has 0 bridgehead atoms. The van der Waals surface area contributed by atoms with Crippen molar-refractivity contribution in [2.75, 3.05) is 13.6 Å². The van der Waals surface area contributed by atoms with E-state index in [1.54, 1.807) is 7.05 Å². The number of carbonyl (C=O) groups is 2. The van der Waals surface area contributed by atoms with E-state index in [2.05, 4.69) is 37.8 Å². The summed E-state index contributed by atoms with van der Waals surface area (Å²) in [6.07, 6.45) is 0. The number of hydrogen-bond donors (Lipinski definition) is 0. The van der Waals surface area contributed by atoms with Crippen molar-refractivity contribution in [1.82, 2.24) is 9.80 Å². The molecule has 4 heteroatoms. The predicted molar refractivity (Wildman–Crippen MR) is 84.9 cm³/mol. The molecule has 2 aliphatic heterocycles. The van der Waals surface area contributed by atoms with Gasteiger partial charge >= 0.3 is 0 Å². The highest BCUT2D eigenvalue weighted by molar-refractivity contribution is 6.05. The maximum absolute atomic E-state index is 12.5. The summed E-state index contributed by atoms with van der Waals surface area (Å²) < 4.78 is 0. The van der Waals surface area contributed by atoms with Gasteiger partial charge in [0, 0.05) is 26.2 Å². The van der Waals surface area contributed by atoms with Crippen molar-refractivity contribution >= 4 is 11.8 Å². The molecule has 2 aliphatic rings. The summed E-state index contributed by atoms with van der Waals surface area (Å²) in [5.74, 6) is -0.392. The summed E-state index contributed by atoms with van der Waals surface area (Å²) in [5.41, 5.74) is 1.18. The third-order valence-electron chi connectivity index (χ3n) is 4.98. The maximum atomic E-state index is 12.5. The molecular formula is C18H24N2O2. The Morgan fingerprint density at radius 3 is 2.32 bits per heavy atom. The largest absolute Gasteiger partial charge is 0.294 e. The van der Waals surface area contributed by atoms with Gasteiger partial charge in [-0.2, -0.15) is 0 Å². The fraction of sp³-hybridized carbons (Fsp3) is 0.556. The molecule has 3 atom stereocenters. The molecule has 3 rings (SSSR count). The molecule has 0 unspecified atom stereocenters. The lowest BCUT2D eigenvalue weighted by molar-refractivity contribution is -0.140. The minimum absolute atomic E-state index is 0.00881. The minimum Gasteiger partial charge on any atom is -0.294 e. The lowest BCUT2D eigenvalue weighted by atomic mass is 9.77. The Morgan fingerprint density at radius 1 is 1.09 bits per heavy atom. The molecule has 2 amide bonds. The zero-order valence-corrected chi connectivity index (χ0v) is 13.7. The number of imide groups is 1. The van der Waals surface area contributed by atoms with Gasteiger partial charge in [0.1, 0.15) is 0 Å². The third kappa shape index (κ3) is 2.35. The van der Waals surface area contributed by atoms with Crippen LogP contribution >= 0.6 is 0 Å². The van der Waals surface area contributed by atoms with Gasteiger partial charge in [0.05, 0.1) is 11.8 Å². The summed E-state index contributed by atoms with van der Waals surface area (Å²) in [5, 5.41) is 0. The van der Waals surface area contributed by atoms with E-state index in [1.165, 1.54) is 10.5 Å². The molecule has 0 aliphatic carbocycles. The molecule has 2 fully saturated rings. The molecule has 22 heavy (non-hydrogen) atoms. The summed E-state index contributed by atoms with van der Waals surface area (Å²) in [6.45, 7) is 7.95. The van der Waals surface area contributed by atoms with Crippen LogP contribution in [0.15, 0.2) is 30.3 Å². The van der Waals surface area contributed by atoms with E-state index in [0.29, 0.717) is 6.54 Å². The molecule has 2 heterocycles. The van der Waals surface area contributed by atoms with Crippen molar-refractivity contribution in [3.63, 3.8) is 0 Å². The average Bonchev–Trinajstić information content (AvgIpc) is 2.92. The van der Waals surface area contributed by atoms with Crippen molar-refractivity contribution in [2.24, 2.45) is 17.3 Å². The van der Waals surface area contributed by atoms with Gasteiger partial charge in [0.25, 0.3) is 0 Å². The SMILES string of the molecule is CN1C(=O)[C@H]2[C@@H](C(C)(C)C)N(Cc3ccccc3)C[C@H]2C1=O. The molecule has 0 N–H and O–H groups in total. The number of nitrogens with zero attached hydrogens (tertiary/aromatic N) is 2. The zero-order chi connectivity index (χ0) is 16.1. The standard InChI is InChI=1S/C18H24N2O2/c1-18(2,3)15-14-13(16(21)19(4)17(14)22)11-20(15)10-12-8-6-5-7-9-12/h5-9,13-15H,10-11H2,1-4H3/t13-,14-,15+/m1/s1. The van der Waals surface area contributed by atoms with Crippen LogP contribution < -0.4 is 0 Å². The molecular weight excluding hydrogens is 276 g/mol. The minimum atomic E-state index is -0.193. The maximum Gasteiger partial charge on any atom is 0.234 e. The van der Waals surface area contributed by atoms with E-state index in [9.17, 15) is 9.59 Å². The van der Waals surface area contributed by atoms with Crippen LogP contribution in [0.4, 0.5) is 0 Å². The number of amides is 2. The fourth-order valence-corrected chi connectivity index (χ4v) is 4.11. The summed E-state index contributed by atoms with van der Waals surface area (Å²) in [4.78, 5) is 28.5. The molecule has 4 nitrogen and oxygen atoms in total. The van der Waals surface area contributed by atoms with Gasteiger partial charge in [-0.15, -0.1) is 0 Å². The Hall–Kier alpha value is -1.68. The molecule has 0 radical (unpaired) electrons. The van der Waals surface area contributed by atoms with E-state index >= 15 is 0 Å². The number of benzene rings is 1. The number of carbonyl (C=O) groups excluding carboxylic acids is 2. The van der Waals surface area contributed by atoms with Crippen LogP contribution in [0.25, 0.3) is 0 Å². The Balaban J connectivity index is 1.92. The van der Waals surface area contributed by atoms with Crippen LogP contribution in [-0.4, -0.2) is 41.2 Å². The van der Waals surface area contributed by atoms with Gasteiger partial charge in [-0.05, 0) is 11.0 Å². The topological polar surface area (TPSA) is 40.6 Å². The van der Waals surface area contributed by atoms with Crippen molar-refractivity contribution in [2.45, 2.75) is 33.4 Å². The molecule has 0 spiro atoms. The van der Waals surface area contributed by atoms with Gasteiger partial charge < -0.3 is 0 Å². The van der Waals surface area contributed by atoms with Crippen LogP contribution in [-0.2, 0) is 16.1 Å². The Labute approximate surface area is 132 Å². The number of hydrogen-bond acceptors (Lipinski definition) is 3. The van der Waals surface area contributed by atoms with Crippen LogP contribution in [0.3, 0.4) is 0 Å². The zero-order valence-electron chi connectivity index (χ0n) is 13.7.